The van der Waals surface area contributed by atoms with E-state index in [1.54, 1.807) is 11.3 Å². The summed E-state index contributed by atoms with van der Waals surface area (Å²) in [6.45, 7) is 0. The molecule has 0 radical (unpaired) electrons. The number of thioether (sulfide) groups is 1. The molecule has 0 spiro atoms. The quantitative estimate of drug-likeness (QED) is 0.235. The van der Waals surface area contributed by atoms with Crippen molar-refractivity contribution in [3.05, 3.63) is 87.4 Å². The molecule has 6 rings (SSSR count). The molecule has 0 atom stereocenters. The lowest BCUT2D eigenvalue weighted by Gasteiger charge is -2.08. The lowest BCUT2D eigenvalue weighted by Crippen LogP contribution is -2.07. The van der Waals surface area contributed by atoms with Crippen molar-refractivity contribution < 1.29 is 4.79 Å². The van der Waals surface area contributed by atoms with Gasteiger partial charge in [-0.15, -0.1) is 21.5 Å². The van der Waals surface area contributed by atoms with E-state index >= 15 is 0 Å². The summed E-state index contributed by atoms with van der Waals surface area (Å²) in [7, 11) is 0. The molecular weight excluding hydrogens is 422 g/mol. The summed E-state index contributed by atoms with van der Waals surface area (Å²) in [5.41, 5.74) is 5.88. The Bertz CT molecular complexity index is 1270. The van der Waals surface area contributed by atoms with E-state index in [9.17, 15) is 4.79 Å². The first-order valence-electron chi connectivity index (χ1n) is 10.6. The monoisotopic (exact) mass is 443 g/mol. The SMILES string of the molecule is O=C(CSc1nnc(Cc2cccs2)n1C1CC1)c1ccc2c(c1)-c1ccccc1C2. The molecule has 1 saturated carbocycles. The van der Waals surface area contributed by atoms with E-state index in [1.165, 1.54) is 51.7 Å². The van der Waals surface area contributed by atoms with Crippen molar-refractivity contribution in [2.75, 3.05) is 5.75 Å². The molecule has 2 aromatic carbocycles. The van der Waals surface area contributed by atoms with Crippen LogP contribution in [-0.4, -0.2) is 26.3 Å². The van der Waals surface area contributed by atoms with Crippen LogP contribution in [0.1, 0.15) is 51.1 Å². The largest absolute Gasteiger partial charge is 0.303 e. The molecule has 0 amide bonds. The number of hydrogen-bond donors (Lipinski definition) is 0. The first-order chi connectivity index (χ1) is 15.3. The van der Waals surface area contributed by atoms with Crippen molar-refractivity contribution in [2.24, 2.45) is 0 Å². The van der Waals surface area contributed by atoms with Crippen LogP contribution in [0.4, 0.5) is 0 Å². The standard InChI is InChI=1S/C25H21N3OS2/c29-23(18-8-7-17-12-16-4-1-2-6-21(16)22(17)13-18)15-31-25-27-26-24(28(25)19-9-10-19)14-20-5-3-11-30-20/h1-8,11,13,19H,9-10,12,14-15H2. The van der Waals surface area contributed by atoms with Crippen molar-refractivity contribution in [1.29, 1.82) is 0 Å². The zero-order valence-electron chi connectivity index (χ0n) is 17.0. The van der Waals surface area contributed by atoms with Crippen LogP contribution in [0.25, 0.3) is 11.1 Å². The first kappa shape index (κ1) is 19.0. The van der Waals surface area contributed by atoms with Gasteiger partial charge in [0.25, 0.3) is 0 Å². The molecule has 0 aliphatic heterocycles. The molecule has 2 aromatic heterocycles. The number of hydrogen-bond acceptors (Lipinski definition) is 5. The summed E-state index contributed by atoms with van der Waals surface area (Å²) in [6.07, 6.45) is 4.09. The van der Waals surface area contributed by atoms with E-state index in [0.29, 0.717) is 11.8 Å². The second-order valence-corrected chi connectivity index (χ2v) is 10.1. The second-order valence-electron chi connectivity index (χ2n) is 8.17. The Kier molecular flexibility index (Phi) is 4.77. The van der Waals surface area contributed by atoms with Crippen molar-refractivity contribution in [2.45, 2.75) is 36.9 Å². The lowest BCUT2D eigenvalue weighted by molar-refractivity contribution is 0.102. The molecule has 4 nitrogen and oxygen atoms in total. The molecule has 0 N–H and O–H groups in total. The van der Waals surface area contributed by atoms with Crippen molar-refractivity contribution in [1.82, 2.24) is 14.8 Å². The highest BCUT2D eigenvalue weighted by Crippen LogP contribution is 2.40. The summed E-state index contributed by atoms with van der Waals surface area (Å²) in [4.78, 5) is 14.3. The Morgan fingerprint density at radius 3 is 2.74 bits per heavy atom. The molecule has 2 aliphatic rings. The summed E-state index contributed by atoms with van der Waals surface area (Å²) in [6, 6.07) is 19.3. The third-order valence-corrected chi connectivity index (χ3v) is 7.83. The zero-order valence-corrected chi connectivity index (χ0v) is 18.6. The van der Waals surface area contributed by atoms with Crippen LogP contribution in [0.5, 0.6) is 0 Å². The molecular formula is C25H21N3OS2. The zero-order chi connectivity index (χ0) is 20.8. The topological polar surface area (TPSA) is 47.8 Å². The van der Waals surface area contributed by atoms with E-state index in [-0.39, 0.29) is 5.78 Å². The maximum Gasteiger partial charge on any atom is 0.191 e. The van der Waals surface area contributed by atoms with E-state index in [4.69, 9.17) is 0 Å². The first-order valence-corrected chi connectivity index (χ1v) is 12.5. The number of fused-ring (bicyclic) bond motifs is 3. The minimum absolute atomic E-state index is 0.141. The maximum atomic E-state index is 13.0. The minimum Gasteiger partial charge on any atom is -0.303 e. The van der Waals surface area contributed by atoms with Gasteiger partial charge in [0.15, 0.2) is 10.9 Å². The van der Waals surface area contributed by atoms with Gasteiger partial charge in [-0.2, -0.15) is 0 Å². The number of rotatable bonds is 7. The highest BCUT2D eigenvalue weighted by atomic mass is 32.2. The Balaban J connectivity index is 1.20. The number of carbonyl (C=O) groups excluding carboxylic acids is 1. The predicted molar refractivity (Wildman–Crippen MR) is 125 cm³/mol. The Labute approximate surface area is 189 Å². The van der Waals surface area contributed by atoms with Crippen LogP contribution in [0.2, 0.25) is 0 Å². The molecule has 0 unspecified atom stereocenters. The summed E-state index contributed by atoms with van der Waals surface area (Å²) in [5.74, 6) is 1.53. The summed E-state index contributed by atoms with van der Waals surface area (Å²) < 4.78 is 2.26. The molecule has 2 heterocycles. The number of ketones is 1. The van der Waals surface area contributed by atoms with Gasteiger partial charge in [0.05, 0.1) is 5.75 Å². The fourth-order valence-corrected chi connectivity index (χ4v) is 5.93. The molecule has 6 heteroatoms. The van der Waals surface area contributed by atoms with Gasteiger partial charge in [0, 0.05) is 22.9 Å². The third kappa shape index (κ3) is 3.64. The van der Waals surface area contributed by atoms with Gasteiger partial charge in [-0.05, 0) is 59.0 Å². The Morgan fingerprint density at radius 2 is 1.90 bits per heavy atom. The lowest BCUT2D eigenvalue weighted by atomic mass is 10.0. The van der Waals surface area contributed by atoms with Gasteiger partial charge < -0.3 is 4.57 Å². The smallest absolute Gasteiger partial charge is 0.191 e. The summed E-state index contributed by atoms with van der Waals surface area (Å²) >= 11 is 3.26. The van der Waals surface area contributed by atoms with E-state index in [0.717, 1.165) is 29.4 Å². The van der Waals surface area contributed by atoms with E-state index in [2.05, 4.69) is 68.7 Å². The Morgan fingerprint density at radius 1 is 1.03 bits per heavy atom. The fraction of sp³-hybridized carbons (Fsp3) is 0.240. The molecule has 2 aliphatic carbocycles. The predicted octanol–water partition coefficient (Wildman–Crippen LogP) is 5.81. The average molecular weight is 444 g/mol. The average Bonchev–Trinajstić information content (AvgIpc) is 3.20. The molecule has 4 aromatic rings. The third-order valence-electron chi connectivity index (χ3n) is 6.01. The van der Waals surface area contributed by atoms with Crippen molar-refractivity contribution in [3.63, 3.8) is 0 Å². The number of aromatic nitrogens is 3. The van der Waals surface area contributed by atoms with E-state index < -0.39 is 0 Å². The molecule has 154 valence electrons. The van der Waals surface area contributed by atoms with Crippen LogP contribution in [0.3, 0.4) is 0 Å². The van der Waals surface area contributed by atoms with Gasteiger partial charge in [0.1, 0.15) is 5.82 Å². The summed E-state index contributed by atoms with van der Waals surface area (Å²) in [5, 5.41) is 11.9. The number of Topliss-reactive ketones (excluding diaryl/α,β-unsaturated/α-hetero) is 1. The van der Waals surface area contributed by atoms with Crippen molar-refractivity contribution in [3.8, 4) is 11.1 Å². The van der Waals surface area contributed by atoms with Crippen LogP contribution in [0.15, 0.2) is 65.1 Å². The van der Waals surface area contributed by atoms with Gasteiger partial charge in [-0.25, -0.2) is 0 Å². The van der Waals surface area contributed by atoms with E-state index in [1.807, 2.05) is 6.07 Å². The molecule has 0 bridgehead atoms. The van der Waals surface area contributed by atoms with Gasteiger partial charge >= 0.3 is 0 Å². The molecule has 0 saturated heterocycles. The van der Waals surface area contributed by atoms with Crippen LogP contribution in [-0.2, 0) is 12.8 Å². The Hall–Kier alpha value is -2.70. The maximum absolute atomic E-state index is 13.0. The number of carbonyl (C=O) groups is 1. The second kappa shape index (κ2) is 7.77. The van der Waals surface area contributed by atoms with Gasteiger partial charge in [0.2, 0.25) is 0 Å². The number of thiophene rings is 1. The molecule has 31 heavy (non-hydrogen) atoms. The highest BCUT2D eigenvalue weighted by Gasteiger charge is 2.30. The number of benzene rings is 2. The fourth-order valence-electron chi connectivity index (χ4n) is 4.31. The van der Waals surface area contributed by atoms with Crippen LogP contribution in [0, 0.1) is 0 Å². The number of nitrogens with zero attached hydrogens (tertiary/aromatic N) is 3. The van der Waals surface area contributed by atoms with Gasteiger partial charge in [-0.3, -0.25) is 4.79 Å². The van der Waals surface area contributed by atoms with Crippen LogP contribution >= 0.6 is 23.1 Å². The van der Waals surface area contributed by atoms with Gasteiger partial charge in [-0.1, -0.05) is 54.2 Å². The minimum atomic E-state index is 0.141. The van der Waals surface area contributed by atoms with Crippen LogP contribution < -0.4 is 0 Å². The molecule has 1 fully saturated rings. The van der Waals surface area contributed by atoms with Crippen molar-refractivity contribution >= 4 is 28.9 Å². The normalized spacial score (nSPS) is 14.5. The highest BCUT2D eigenvalue weighted by molar-refractivity contribution is 7.99.